The zero-order valence-electron chi connectivity index (χ0n) is 10.6. The van der Waals surface area contributed by atoms with Crippen molar-refractivity contribution in [3.63, 3.8) is 0 Å². The molecular weight excluding hydrogens is 234 g/mol. The zero-order chi connectivity index (χ0) is 13.4. The van der Waals surface area contributed by atoms with Crippen molar-refractivity contribution in [2.45, 2.75) is 13.8 Å². The summed E-state index contributed by atoms with van der Waals surface area (Å²) in [5.41, 5.74) is 0.601. The summed E-state index contributed by atoms with van der Waals surface area (Å²) in [6, 6.07) is 8.86. The minimum Gasteiger partial charge on any atom is -0.465 e. The molecule has 0 aromatic heterocycles. The molecule has 0 unspecified atom stereocenters. The number of ether oxygens (including phenoxy) is 2. The van der Waals surface area contributed by atoms with E-state index in [0.717, 1.165) is 0 Å². The van der Waals surface area contributed by atoms with Crippen LogP contribution in [0.25, 0.3) is 0 Å². The van der Waals surface area contributed by atoms with E-state index in [0.29, 0.717) is 5.69 Å². The third kappa shape index (κ3) is 4.08. The van der Waals surface area contributed by atoms with Gasteiger partial charge in [-0.05, 0) is 26.0 Å². The van der Waals surface area contributed by atoms with Gasteiger partial charge in [0.05, 0.1) is 13.2 Å². The molecule has 5 heteroatoms. The molecule has 0 fully saturated rings. The normalized spacial score (nSPS) is 9.67. The van der Waals surface area contributed by atoms with Gasteiger partial charge in [0.1, 0.15) is 6.54 Å². The van der Waals surface area contributed by atoms with Gasteiger partial charge in [-0.25, -0.2) is 4.79 Å². The summed E-state index contributed by atoms with van der Waals surface area (Å²) in [5, 5.41) is 0. The molecule has 98 valence electrons. The van der Waals surface area contributed by atoms with E-state index in [1.54, 1.807) is 38.1 Å². The first-order chi connectivity index (χ1) is 8.69. The van der Waals surface area contributed by atoms with E-state index in [1.165, 1.54) is 4.90 Å². The summed E-state index contributed by atoms with van der Waals surface area (Å²) in [7, 11) is 0. The number of hydrogen-bond acceptors (Lipinski definition) is 4. The maximum absolute atomic E-state index is 11.8. The van der Waals surface area contributed by atoms with E-state index in [2.05, 4.69) is 0 Å². The molecule has 1 amide bonds. The van der Waals surface area contributed by atoms with Crippen LogP contribution in [0.1, 0.15) is 13.8 Å². The number of carbonyl (C=O) groups excluding carboxylic acids is 2. The van der Waals surface area contributed by atoms with Gasteiger partial charge in [-0.15, -0.1) is 0 Å². The molecule has 0 aliphatic heterocycles. The Bertz CT molecular complexity index is 391. The monoisotopic (exact) mass is 251 g/mol. The van der Waals surface area contributed by atoms with Crippen molar-refractivity contribution in [2.24, 2.45) is 0 Å². The Hall–Kier alpha value is -2.04. The minimum absolute atomic E-state index is 0.156. The van der Waals surface area contributed by atoms with Crippen LogP contribution < -0.4 is 4.90 Å². The third-order valence-corrected chi connectivity index (χ3v) is 2.15. The molecule has 0 spiro atoms. The second-order valence-corrected chi connectivity index (χ2v) is 3.43. The van der Waals surface area contributed by atoms with E-state index >= 15 is 0 Å². The van der Waals surface area contributed by atoms with Crippen LogP contribution in [0.4, 0.5) is 10.5 Å². The lowest BCUT2D eigenvalue weighted by atomic mass is 10.3. The van der Waals surface area contributed by atoms with Gasteiger partial charge in [-0.1, -0.05) is 18.2 Å². The summed E-state index contributed by atoms with van der Waals surface area (Å²) >= 11 is 0. The van der Waals surface area contributed by atoms with Crippen molar-refractivity contribution in [3.05, 3.63) is 30.3 Å². The number of para-hydroxylation sites is 1. The third-order valence-electron chi connectivity index (χ3n) is 2.15. The van der Waals surface area contributed by atoms with Crippen molar-refractivity contribution < 1.29 is 19.1 Å². The van der Waals surface area contributed by atoms with Crippen LogP contribution in [-0.2, 0) is 14.3 Å². The first-order valence-corrected chi connectivity index (χ1v) is 5.84. The van der Waals surface area contributed by atoms with Crippen LogP contribution in [0.3, 0.4) is 0 Å². The van der Waals surface area contributed by atoms with Crippen molar-refractivity contribution in [1.29, 1.82) is 0 Å². The van der Waals surface area contributed by atoms with Gasteiger partial charge in [0.15, 0.2) is 0 Å². The Morgan fingerprint density at radius 1 is 1.06 bits per heavy atom. The van der Waals surface area contributed by atoms with E-state index in [9.17, 15) is 9.59 Å². The Morgan fingerprint density at radius 2 is 1.67 bits per heavy atom. The van der Waals surface area contributed by atoms with Crippen LogP contribution in [0.2, 0.25) is 0 Å². The van der Waals surface area contributed by atoms with E-state index in [1.807, 2.05) is 6.07 Å². The summed E-state index contributed by atoms with van der Waals surface area (Å²) < 4.78 is 9.75. The smallest absolute Gasteiger partial charge is 0.414 e. The Morgan fingerprint density at radius 3 is 2.22 bits per heavy atom. The lowest BCUT2D eigenvalue weighted by molar-refractivity contribution is -0.141. The second-order valence-electron chi connectivity index (χ2n) is 3.43. The summed E-state index contributed by atoms with van der Waals surface area (Å²) in [6.07, 6.45) is -0.559. The first-order valence-electron chi connectivity index (χ1n) is 5.84. The lowest BCUT2D eigenvalue weighted by Gasteiger charge is -2.20. The van der Waals surface area contributed by atoms with Crippen LogP contribution in [0.5, 0.6) is 0 Å². The standard InChI is InChI=1S/C13H17NO4/c1-3-17-12(15)10-14(13(16)18-4-2)11-8-6-5-7-9-11/h5-9H,3-4,10H2,1-2H3. The van der Waals surface area contributed by atoms with Gasteiger partial charge in [0.25, 0.3) is 0 Å². The van der Waals surface area contributed by atoms with Crippen molar-refractivity contribution >= 4 is 17.7 Å². The molecule has 0 aliphatic rings. The van der Waals surface area contributed by atoms with E-state index in [4.69, 9.17) is 9.47 Å². The SMILES string of the molecule is CCOC(=O)CN(C(=O)OCC)c1ccccc1. The quantitative estimate of drug-likeness (QED) is 0.753. The fourth-order valence-corrected chi connectivity index (χ4v) is 1.41. The molecule has 18 heavy (non-hydrogen) atoms. The highest BCUT2D eigenvalue weighted by molar-refractivity contribution is 5.93. The van der Waals surface area contributed by atoms with Crippen molar-refractivity contribution in [2.75, 3.05) is 24.7 Å². The largest absolute Gasteiger partial charge is 0.465 e. The zero-order valence-corrected chi connectivity index (χ0v) is 10.6. The van der Waals surface area contributed by atoms with Crippen LogP contribution in [0.15, 0.2) is 30.3 Å². The molecule has 5 nitrogen and oxygen atoms in total. The molecule has 0 bridgehead atoms. The summed E-state index contributed by atoms with van der Waals surface area (Å²) in [4.78, 5) is 24.5. The Kier molecular flexibility index (Phi) is 5.70. The molecule has 0 heterocycles. The molecular formula is C13H17NO4. The number of anilines is 1. The molecule has 0 aliphatic carbocycles. The number of hydrogen-bond donors (Lipinski definition) is 0. The maximum atomic E-state index is 11.8. The highest BCUT2D eigenvalue weighted by atomic mass is 16.6. The van der Waals surface area contributed by atoms with Crippen LogP contribution in [-0.4, -0.2) is 31.8 Å². The first kappa shape index (κ1) is 14.0. The molecule has 0 saturated carbocycles. The van der Waals surface area contributed by atoms with Crippen molar-refractivity contribution in [1.82, 2.24) is 0 Å². The Labute approximate surface area is 106 Å². The van der Waals surface area contributed by atoms with Gasteiger partial charge in [-0.3, -0.25) is 9.69 Å². The van der Waals surface area contributed by atoms with E-state index in [-0.39, 0.29) is 19.8 Å². The predicted octanol–water partition coefficient (Wildman–Crippen LogP) is 2.21. The average molecular weight is 251 g/mol. The Balaban J connectivity index is 2.82. The molecule has 1 aromatic carbocycles. The minimum atomic E-state index is -0.559. The molecule has 0 N–H and O–H groups in total. The van der Waals surface area contributed by atoms with Crippen LogP contribution in [0, 0.1) is 0 Å². The number of carbonyl (C=O) groups is 2. The topological polar surface area (TPSA) is 55.8 Å². The highest BCUT2D eigenvalue weighted by Gasteiger charge is 2.20. The van der Waals surface area contributed by atoms with Crippen molar-refractivity contribution in [3.8, 4) is 0 Å². The fraction of sp³-hybridized carbons (Fsp3) is 0.385. The summed E-state index contributed by atoms with van der Waals surface area (Å²) in [5.74, 6) is -0.464. The van der Waals surface area contributed by atoms with Gasteiger partial charge < -0.3 is 9.47 Å². The number of rotatable bonds is 5. The van der Waals surface area contributed by atoms with Gasteiger partial charge in [0.2, 0.25) is 0 Å². The number of nitrogens with zero attached hydrogens (tertiary/aromatic N) is 1. The van der Waals surface area contributed by atoms with Gasteiger partial charge in [-0.2, -0.15) is 0 Å². The van der Waals surface area contributed by atoms with E-state index < -0.39 is 12.1 Å². The maximum Gasteiger partial charge on any atom is 0.414 e. The highest BCUT2D eigenvalue weighted by Crippen LogP contribution is 2.14. The number of esters is 1. The molecule has 0 atom stereocenters. The van der Waals surface area contributed by atoms with Gasteiger partial charge in [0, 0.05) is 5.69 Å². The summed E-state index contributed by atoms with van der Waals surface area (Å²) in [6.45, 7) is 3.81. The number of benzene rings is 1. The predicted molar refractivity (Wildman–Crippen MR) is 67.4 cm³/mol. The fourth-order valence-electron chi connectivity index (χ4n) is 1.41. The molecule has 1 aromatic rings. The number of amides is 1. The lowest BCUT2D eigenvalue weighted by Crippen LogP contribution is -2.37. The molecule has 0 radical (unpaired) electrons. The van der Waals surface area contributed by atoms with Gasteiger partial charge >= 0.3 is 12.1 Å². The second kappa shape index (κ2) is 7.32. The average Bonchev–Trinajstić information content (AvgIpc) is 2.37. The molecule has 1 rings (SSSR count). The van der Waals surface area contributed by atoms with Crippen LogP contribution >= 0.6 is 0 Å². The molecule has 0 saturated heterocycles.